The predicted molar refractivity (Wildman–Crippen MR) is 90.5 cm³/mol. The molecule has 0 aliphatic rings. The van der Waals surface area contributed by atoms with E-state index in [2.05, 4.69) is 10.1 Å². The number of ether oxygens (including phenoxy) is 1. The third-order valence-corrected chi connectivity index (χ3v) is 3.74. The second-order valence-electron chi connectivity index (χ2n) is 5.48. The summed E-state index contributed by atoms with van der Waals surface area (Å²) in [7, 11) is 3.49. The maximum Gasteiger partial charge on any atom is 0.257 e. The molecule has 0 aliphatic carbocycles. The van der Waals surface area contributed by atoms with Crippen molar-refractivity contribution in [3.63, 3.8) is 0 Å². The highest BCUT2D eigenvalue weighted by atomic mass is 16.5. The number of carbonyl (C=O) groups excluding carboxylic acids is 1. The zero-order valence-electron chi connectivity index (χ0n) is 14.7. The molecule has 1 aromatic carbocycles. The first-order chi connectivity index (χ1) is 11.6. The third-order valence-electron chi connectivity index (χ3n) is 3.74. The van der Waals surface area contributed by atoms with E-state index in [4.69, 9.17) is 9.26 Å². The van der Waals surface area contributed by atoms with Gasteiger partial charge in [0.05, 0.1) is 20.2 Å². The normalized spacial score (nSPS) is 10.9. The highest BCUT2D eigenvalue weighted by molar-refractivity contribution is 5.78. The molecule has 1 amide bonds. The van der Waals surface area contributed by atoms with Crippen LogP contribution in [0.2, 0.25) is 0 Å². The monoisotopic (exact) mass is 332 g/mol. The van der Waals surface area contributed by atoms with Gasteiger partial charge in [-0.2, -0.15) is 4.98 Å². The van der Waals surface area contributed by atoms with E-state index in [0.29, 0.717) is 37.9 Å². The van der Waals surface area contributed by atoms with Crippen LogP contribution in [-0.4, -0.2) is 59.6 Å². The number of hydrogen-bond donors (Lipinski definition) is 0. The van der Waals surface area contributed by atoms with Crippen molar-refractivity contribution in [1.82, 2.24) is 19.9 Å². The summed E-state index contributed by atoms with van der Waals surface area (Å²) in [6.07, 6.45) is 0. The summed E-state index contributed by atoms with van der Waals surface area (Å²) >= 11 is 0. The number of methoxy groups -OCH3 is 1. The lowest BCUT2D eigenvalue weighted by Gasteiger charge is -2.22. The van der Waals surface area contributed by atoms with Gasteiger partial charge in [-0.05, 0) is 45.2 Å². The summed E-state index contributed by atoms with van der Waals surface area (Å²) in [5, 5.41) is 3.98. The first-order valence-electron chi connectivity index (χ1n) is 8.00. The second kappa shape index (κ2) is 8.44. The number of rotatable bonds is 8. The van der Waals surface area contributed by atoms with Crippen LogP contribution in [0.4, 0.5) is 0 Å². The van der Waals surface area contributed by atoms with Crippen molar-refractivity contribution in [3.8, 4) is 17.2 Å². The van der Waals surface area contributed by atoms with E-state index in [0.717, 1.165) is 11.3 Å². The van der Waals surface area contributed by atoms with Gasteiger partial charge in [0, 0.05) is 18.7 Å². The molecule has 0 saturated heterocycles. The molecular formula is C17H24N4O3. The van der Waals surface area contributed by atoms with Gasteiger partial charge in [0.1, 0.15) is 5.75 Å². The molecule has 24 heavy (non-hydrogen) atoms. The molecule has 0 saturated carbocycles. The van der Waals surface area contributed by atoms with Crippen LogP contribution in [0, 0.1) is 0 Å². The van der Waals surface area contributed by atoms with Crippen molar-refractivity contribution in [2.75, 3.05) is 33.8 Å². The van der Waals surface area contributed by atoms with Gasteiger partial charge in [0.15, 0.2) is 5.82 Å². The van der Waals surface area contributed by atoms with Gasteiger partial charge in [-0.15, -0.1) is 0 Å². The van der Waals surface area contributed by atoms with E-state index in [1.165, 1.54) is 0 Å². The Bertz CT molecular complexity index is 650. The molecule has 2 rings (SSSR count). The van der Waals surface area contributed by atoms with Crippen LogP contribution in [0.5, 0.6) is 5.75 Å². The molecule has 0 aliphatic heterocycles. The van der Waals surface area contributed by atoms with Gasteiger partial charge < -0.3 is 14.2 Å². The zero-order valence-corrected chi connectivity index (χ0v) is 14.7. The maximum absolute atomic E-state index is 12.1. The Hall–Kier alpha value is -2.41. The summed E-state index contributed by atoms with van der Waals surface area (Å²) in [5.41, 5.74) is 0.830. The van der Waals surface area contributed by atoms with Gasteiger partial charge >= 0.3 is 0 Å². The molecule has 7 nitrogen and oxygen atoms in total. The zero-order chi connectivity index (χ0) is 17.5. The van der Waals surface area contributed by atoms with E-state index in [1.54, 1.807) is 12.0 Å². The van der Waals surface area contributed by atoms with Crippen LogP contribution in [0.15, 0.2) is 28.8 Å². The molecule has 1 aromatic heterocycles. The quantitative estimate of drug-likeness (QED) is 0.737. The average molecular weight is 332 g/mol. The number of nitrogens with zero attached hydrogens (tertiary/aromatic N) is 4. The van der Waals surface area contributed by atoms with Gasteiger partial charge in [-0.3, -0.25) is 9.69 Å². The first-order valence-corrected chi connectivity index (χ1v) is 8.00. The van der Waals surface area contributed by atoms with Crippen molar-refractivity contribution in [1.29, 1.82) is 0 Å². The molecule has 0 unspecified atom stereocenters. The molecule has 130 valence electrons. The van der Waals surface area contributed by atoms with E-state index >= 15 is 0 Å². The van der Waals surface area contributed by atoms with Crippen LogP contribution >= 0.6 is 0 Å². The van der Waals surface area contributed by atoms with Crippen molar-refractivity contribution in [2.24, 2.45) is 0 Å². The fourth-order valence-electron chi connectivity index (χ4n) is 2.37. The summed E-state index contributed by atoms with van der Waals surface area (Å²) in [4.78, 5) is 20.2. The number of carbonyl (C=O) groups is 1. The van der Waals surface area contributed by atoms with Gasteiger partial charge in [0.2, 0.25) is 5.91 Å². The van der Waals surface area contributed by atoms with Crippen LogP contribution < -0.4 is 4.74 Å². The lowest BCUT2D eigenvalue weighted by atomic mass is 10.2. The second-order valence-corrected chi connectivity index (χ2v) is 5.48. The summed E-state index contributed by atoms with van der Waals surface area (Å²) in [6, 6.07) is 7.41. The Labute approximate surface area is 142 Å². The van der Waals surface area contributed by atoms with E-state index in [1.807, 2.05) is 50.1 Å². The molecule has 1 heterocycles. The topological polar surface area (TPSA) is 71.7 Å². The predicted octanol–water partition coefficient (Wildman–Crippen LogP) is 2.05. The molecular weight excluding hydrogens is 308 g/mol. The number of hydrogen-bond acceptors (Lipinski definition) is 6. The molecule has 2 aromatic rings. The third kappa shape index (κ3) is 4.55. The first kappa shape index (κ1) is 17.9. The summed E-state index contributed by atoms with van der Waals surface area (Å²) in [6.45, 7) is 6.16. The lowest BCUT2D eigenvalue weighted by molar-refractivity contribution is -0.131. The SMILES string of the molecule is CCN(CC)C(=O)CN(C)Cc1noc(-c2ccc(OC)cc2)n1. The highest BCUT2D eigenvalue weighted by Gasteiger charge is 2.15. The minimum absolute atomic E-state index is 0.0985. The van der Waals surface area contributed by atoms with E-state index in [-0.39, 0.29) is 5.91 Å². The van der Waals surface area contributed by atoms with Crippen LogP contribution in [0.1, 0.15) is 19.7 Å². The van der Waals surface area contributed by atoms with Crippen LogP contribution in [0.3, 0.4) is 0 Å². The average Bonchev–Trinajstić information content (AvgIpc) is 3.04. The van der Waals surface area contributed by atoms with Crippen molar-refractivity contribution >= 4 is 5.91 Å². The van der Waals surface area contributed by atoms with Crippen molar-refractivity contribution < 1.29 is 14.1 Å². The molecule has 0 radical (unpaired) electrons. The Balaban J connectivity index is 1.96. The van der Waals surface area contributed by atoms with Crippen molar-refractivity contribution in [3.05, 3.63) is 30.1 Å². The molecule has 0 spiro atoms. The lowest BCUT2D eigenvalue weighted by Crippen LogP contribution is -2.38. The molecule has 0 bridgehead atoms. The smallest absolute Gasteiger partial charge is 0.257 e. The number of aromatic nitrogens is 2. The van der Waals surface area contributed by atoms with E-state index < -0.39 is 0 Å². The maximum atomic E-state index is 12.1. The number of likely N-dealkylation sites (N-methyl/N-ethyl adjacent to an activating group) is 2. The fourth-order valence-corrected chi connectivity index (χ4v) is 2.37. The minimum Gasteiger partial charge on any atom is -0.497 e. The van der Waals surface area contributed by atoms with Crippen LogP contribution in [0.25, 0.3) is 11.5 Å². The van der Waals surface area contributed by atoms with Gasteiger partial charge in [0.25, 0.3) is 5.89 Å². The standard InChI is InChI=1S/C17H24N4O3/c1-5-21(6-2)16(22)12-20(3)11-15-18-17(24-19-15)13-7-9-14(23-4)10-8-13/h7-10H,5-6,11-12H2,1-4H3. The van der Waals surface area contributed by atoms with Gasteiger partial charge in [-0.25, -0.2) is 0 Å². The summed E-state index contributed by atoms with van der Waals surface area (Å²) in [5.74, 6) is 1.88. The van der Waals surface area contributed by atoms with Crippen LogP contribution in [-0.2, 0) is 11.3 Å². The Morgan fingerprint density at radius 1 is 1.21 bits per heavy atom. The Kier molecular flexibility index (Phi) is 6.31. The van der Waals surface area contributed by atoms with Gasteiger partial charge in [-0.1, -0.05) is 5.16 Å². The molecule has 0 atom stereocenters. The highest BCUT2D eigenvalue weighted by Crippen LogP contribution is 2.20. The van der Waals surface area contributed by atoms with Crippen molar-refractivity contribution in [2.45, 2.75) is 20.4 Å². The molecule has 0 fully saturated rings. The minimum atomic E-state index is 0.0985. The Morgan fingerprint density at radius 2 is 1.88 bits per heavy atom. The molecule has 7 heteroatoms. The molecule has 0 N–H and O–H groups in total. The summed E-state index contributed by atoms with van der Waals surface area (Å²) < 4.78 is 10.4. The van der Waals surface area contributed by atoms with E-state index in [9.17, 15) is 4.79 Å². The fraction of sp³-hybridized carbons (Fsp3) is 0.471. The largest absolute Gasteiger partial charge is 0.497 e. The Morgan fingerprint density at radius 3 is 2.46 bits per heavy atom. The number of benzene rings is 1. The number of amides is 1.